The van der Waals surface area contributed by atoms with Crippen molar-refractivity contribution in [3.05, 3.63) is 59.7 Å². The molecule has 2 aromatic rings. The number of hydrogen-bond acceptors (Lipinski definition) is 3. The topological polar surface area (TPSA) is 70.7 Å². The number of likely N-dealkylation sites (tertiary alicyclic amines) is 1. The molecule has 0 aliphatic carbocycles. The number of carbonyl (C=O) groups is 2. The summed E-state index contributed by atoms with van der Waals surface area (Å²) < 4.78 is 5.13. The zero-order chi connectivity index (χ0) is 20.6. The molecule has 3 amide bonds. The average molecular weight is 396 g/mol. The molecule has 1 fully saturated rings. The molecule has 2 N–H and O–H groups in total. The molecule has 0 atom stereocenters. The van der Waals surface area contributed by atoms with Crippen molar-refractivity contribution >= 4 is 17.6 Å². The minimum absolute atomic E-state index is 0.0781. The molecular formula is C23H29N3O3. The van der Waals surface area contributed by atoms with Gasteiger partial charge in [0.1, 0.15) is 5.75 Å². The van der Waals surface area contributed by atoms with E-state index >= 15 is 0 Å². The quantitative estimate of drug-likeness (QED) is 0.778. The van der Waals surface area contributed by atoms with Crippen molar-refractivity contribution in [1.82, 2.24) is 10.2 Å². The number of urea groups is 1. The zero-order valence-electron chi connectivity index (χ0n) is 17.1. The zero-order valence-corrected chi connectivity index (χ0v) is 17.1. The number of benzene rings is 2. The summed E-state index contributed by atoms with van der Waals surface area (Å²) in [5.41, 5.74) is 3.07. The summed E-state index contributed by atoms with van der Waals surface area (Å²) in [6, 6.07) is 15.3. The van der Waals surface area contributed by atoms with Gasteiger partial charge >= 0.3 is 6.03 Å². The average Bonchev–Trinajstić information content (AvgIpc) is 2.74. The van der Waals surface area contributed by atoms with Crippen LogP contribution >= 0.6 is 0 Å². The maximum absolute atomic E-state index is 12.4. The summed E-state index contributed by atoms with van der Waals surface area (Å²) in [5, 5.41) is 5.94. The van der Waals surface area contributed by atoms with Crippen molar-refractivity contribution in [2.24, 2.45) is 5.92 Å². The number of aryl methyl sites for hydroxylation is 1. The lowest BCUT2D eigenvalue weighted by Gasteiger charge is -2.31. The normalized spacial score (nSPS) is 14.3. The van der Waals surface area contributed by atoms with E-state index in [0.29, 0.717) is 32.0 Å². The van der Waals surface area contributed by atoms with E-state index < -0.39 is 0 Å². The van der Waals surface area contributed by atoms with Gasteiger partial charge in [-0.15, -0.1) is 0 Å². The van der Waals surface area contributed by atoms with Crippen LogP contribution in [0.1, 0.15) is 30.4 Å². The lowest BCUT2D eigenvalue weighted by Crippen LogP contribution is -2.41. The molecule has 6 nitrogen and oxygen atoms in total. The molecule has 29 heavy (non-hydrogen) atoms. The minimum atomic E-state index is -0.0994. The molecule has 0 radical (unpaired) electrons. The van der Waals surface area contributed by atoms with Crippen LogP contribution in [0.15, 0.2) is 48.5 Å². The first-order valence-electron chi connectivity index (χ1n) is 10.1. The van der Waals surface area contributed by atoms with Crippen LogP contribution in [0.3, 0.4) is 0 Å². The first kappa shape index (κ1) is 20.7. The fourth-order valence-corrected chi connectivity index (χ4v) is 3.55. The molecule has 0 spiro atoms. The monoisotopic (exact) mass is 395 g/mol. The van der Waals surface area contributed by atoms with Gasteiger partial charge in [-0.2, -0.15) is 0 Å². The summed E-state index contributed by atoms with van der Waals surface area (Å²) in [7, 11) is 1.61. The minimum Gasteiger partial charge on any atom is -0.497 e. The molecule has 154 valence electrons. The highest BCUT2D eigenvalue weighted by atomic mass is 16.5. The SMILES string of the molecule is COc1ccc(NC(=O)N2CCC(CC(=O)NCc3ccccc3C)CC2)cc1. The summed E-state index contributed by atoms with van der Waals surface area (Å²) in [6.45, 7) is 3.94. The predicted molar refractivity (Wildman–Crippen MR) is 114 cm³/mol. The second kappa shape index (κ2) is 9.96. The van der Waals surface area contributed by atoms with Gasteiger partial charge < -0.3 is 20.3 Å². The highest BCUT2D eigenvalue weighted by molar-refractivity contribution is 5.89. The second-order valence-electron chi connectivity index (χ2n) is 7.50. The van der Waals surface area contributed by atoms with Crippen molar-refractivity contribution < 1.29 is 14.3 Å². The third-order valence-corrected chi connectivity index (χ3v) is 5.45. The third kappa shape index (κ3) is 5.98. The Bertz CT molecular complexity index is 828. The van der Waals surface area contributed by atoms with Gasteiger partial charge in [0, 0.05) is 31.7 Å². The van der Waals surface area contributed by atoms with Gasteiger partial charge in [0.15, 0.2) is 0 Å². The molecule has 0 saturated carbocycles. The van der Waals surface area contributed by atoms with Crippen molar-refractivity contribution in [2.75, 3.05) is 25.5 Å². The van der Waals surface area contributed by atoms with Crippen LogP contribution in [0, 0.1) is 12.8 Å². The van der Waals surface area contributed by atoms with Crippen LogP contribution in [-0.2, 0) is 11.3 Å². The number of anilines is 1. The Kier molecular flexibility index (Phi) is 7.11. The van der Waals surface area contributed by atoms with Crippen LogP contribution in [-0.4, -0.2) is 37.0 Å². The molecule has 2 aromatic carbocycles. The van der Waals surface area contributed by atoms with E-state index in [-0.39, 0.29) is 11.9 Å². The summed E-state index contributed by atoms with van der Waals surface area (Å²) >= 11 is 0. The number of carbonyl (C=O) groups excluding carboxylic acids is 2. The fraction of sp³-hybridized carbons (Fsp3) is 0.391. The number of nitrogens with zero attached hydrogens (tertiary/aromatic N) is 1. The maximum atomic E-state index is 12.4. The molecule has 0 bridgehead atoms. The molecular weight excluding hydrogens is 366 g/mol. The molecule has 1 heterocycles. The van der Waals surface area contributed by atoms with E-state index in [0.717, 1.165) is 29.8 Å². The van der Waals surface area contributed by atoms with Gasteiger partial charge in [-0.05, 0) is 61.1 Å². The number of piperidine rings is 1. The number of amides is 3. The Morgan fingerprint density at radius 2 is 1.76 bits per heavy atom. The van der Waals surface area contributed by atoms with Crippen LogP contribution in [0.5, 0.6) is 5.75 Å². The number of nitrogens with one attached hydrogen (secondary N) is 2. The Labute approximate surface area is 172 Å². The van der Waals surface area contributed by atoms with Crippen molar-refractivity contribution in [3.8, 4) is 5.75 Å². The first-order valence-corrected chi connectivity index (χ1v) is 10.1. The van der Waals surface area contributed by atoms with Gasteiger partial charge in [0.05, 0.1) is 7.11 Å². The van der Waals surface area contributed by atoms with E-state index in [1.807, 2.05) is 60.4 Å². The highest BCUT2D eigenvalue weighted by Gasteiger charge is 2.24. The summed E-state index contributed by atoms with van der Waals surface area (Å²) in [5.74, 6) is 1.15. The van der Waals surface area contributed by atoms with E-state index in [2.05, 4.69) is 10.6 Å². The largest absolute Gasteiger partial charge is 0.497 e. The molecule has 1 saturated heterocycles. The van der Waals surface area contributed by atoms with Crippen LogP contribution < -0.4 is 15.4 Å². The Balaban J connectivity index is 1.39. The van der Waals surface area contributed by atoms with E-state index in [1.165, 1.54) is 5.56 Å². The van der Waals surface area contributed by atoms with Crippen LogP contribution in [0.4, 0.5) is 10.5 Å². The maximum Gasteiger partial charge on any atom is 0.321 e. The number of methoxy groups -OCH3 is 1. The van der Waals surface area contributed by atoms with Gasteiger partial charge in [0.2, 0.25) is 5.91 Å². The predicted octanol–water partition coefficient (Wildman–Crippen LogP) is 3.95. The Hall–Kier alpha value is -3.02. The first-order chi connectivity index (χ1) is 14.0. The molecule has 1 aliphatic heterocycles. The molecule has 0 unspecified atom stereocenters. The summed E-state index contributed by atoms with van der Waals surface area (Å²) in [4.78, 5) is 26.5. The Morgan fingerprint density at radius 1 is 1.07 bits per heavy atom. The molecule has 6 heteroatoms. The van der Waals surface area contributed by atoms with Crippen molar-refractivity contribution in [2.45, 2.75) is 32.7 Å². The molecule has 1 aliphatic rings. The molecule has 0 aromatic heterocycles. The fourth-order valence-electron chi connectivity index (χ4n) is 3.55. The smallest absolute Gasteiger partial charge is 0.321 e. The number of ether oxygens (including phenoxy) is 1. The van der Waals surface area contributed by atoms with Gasteiger partial charge in [-0.25, -0.2) is 4.79 Å². The van der Waals surface area contributed by atoms with Gasteiger partial charge in [-0.3, -0.25) is 4.79 Å². The highest BCUT2D eigenvalue weighted by Crippen LogP contribution is 2.22. The summed E-state index contributed by atoms with van der Waals surface area (Å²) in [6.07, 6.45) is 2.20. The van der Waals surface area contributed by atoms with Crippen molar-refractivity contribution in [1.29, 1.82) is 0 Å². The lowest BCUT2D eigenvalue weighted by molar-refractivity contribution is -0.122. The van der Waals surface area contributed by atoms with Gasteiger partial charge in [0.25, 0.3) is 0 Å². The third-order valence-electron chi connectivity index (χ3n) is 5.45. The van der Waals surface area contributed by atoms with Crippen LogP contribution in [0.2, 0.25) is 0 Å². The Morgan fingerprint density at radius 3 is 2.41 bits per heavy atom. The van der Waals surface area contributed by atoms with E-state index in [1.54, 1.807) is 7.11 Å². The lowest BCUT2D eigenvalue weighted by atomic mass is 9.93. The number of hydrogen-bond donors (Lipinski definition) is 2. The van der Waals surface area contributed by atoms with Crippen LogP contribution in [0.25, 0.3) is 0 Å². The standard InChI is InChI=1S/C23H29N3O3/c1-17-5-3-4-6-19(17)16-24-22(27)15-18-11-13-26(14-12-18)23(28)25-20-7-9-21(29-2)10-8-20/h3-10,18H,11-16H2,1-2H3,(H,24,27)(H,25,28). The van der Waals surface area contributed by atoms with E-state index in [9.17, 15) is 9.59 Å². The van der Waals surface area contributed by atoms with E-state index in [4.69, 9.17) is 4.74 Å². The second-order valence-corrected chi connectivity index (χ2v) is 7.50. The molecule has 3 rings (SSSR count). The van der Waals surface area contributed by atoms with Gasteiger partial charge in [-0.1, -0.05) is 24.3 Å². The van der Waals surface area contributed by atoms with Crippen molar-refractivity contribution in [3.63, 3.8) is 0 Å². The number of rotatable bonds is 6.